The average molecular weight is 195 g/mol. The maximum absolute atomic E-state index is 5.46. The van der Waals surface area contributed by atoms with Crippen LogP contribution in [0.15, 0.2) is 4.42 Å². The Hall–Kier alpha value is -1.06. The van der Waals surface area contributed by atoms with Crippen molar-refractivity contribution >= 4 is 6.01 Å². The predicted octanol–water partition coefficient (Wildman–Crippen LogP) is 2.15. The van der Waals surface area contributed by atoms with Crippen molar-refractivity contribution in [1.82, 2.24) is 10.2 Å². The van der Waals surface area contributed by atoms with Crippen LogP contribution in [0.4, 0.5) is 6.01 Å². The normalized spacial score (nSPS) is 21.2. The van der Waals surface area contributed by atoms with Crippen LogP contribution in [-0.2, 0) is 0 Å². The third-order valence-electron chi connectivity index (χ3n) is 2.90. The zero-order valence-electron chi connectivity index (χ0n) is 9.08. The highest BCUT2D eigenvalue weighted by Crippen LogP contribution is 2.31. The van der Waals surface area contributed by atoms with Gasteiger partial charge in [-0.1, -0.05) is 5.10 Å². The summed E-state index contributed by atoms with van der Waals surface area (Å²) in [7, 11) is 0. The van der Waals surface area contributed by atoms with E-state index in [-0.39, 0.29) is 5.54 Å². The van der Waals surface area contributed by atoms with Gasteiger partial charge in [-0.3, -0.25) is 0 Å². The zero-order valence-corrected chi connectivity index (χ0v) is 9.08. The minimum Gasteiger partial charge on any atom is -0.408 e. The van der Waals surface area contributed by atoms with Crippen molar-refractivity contribution < 1.29 is 4.42 Å². The minimum atomic E-state index is 0.150. The van der Waals surface area contributed by atoms with Crippen molar-refractivity contribution in [2.45, 2.75) is 45.6 Å². The van der Waals surface area contributed by atoms with Gasteiger partial charge in [0, 0.05) is 19.0 Å². The smallest absolute Gasteiger partial charge is 0.318 e. The van der Waals surface area contributed by atoms with Crippen LogP contribution in [0.2, 0.25) is 0 Å². The Morgan fingerprint density at radius 1 is 1.29 bits per heavy atom. The molecule has 0 atom stereocenters. The van der Waals surface area contributed by atoms with E-state index >= 15 is 0 Å². The maximum atomic E-state index is 5.46. The largest absolute Gasteiger partial charge is 0.408 e. The lowest BCUT2D eigenvalue weighted by molar-refractivity contribution is 0.333. The van der Waals surface area contributed by atoms with Gasteiger partial charge < -0.3 is 9.32 Å². The second kappa shape index (κ2) is 3.26. The van der Waals surface area contributed by atoms with E-state index in [4.69, 9.17) is 4.42 Å². The highest BCUT2D eigenvalue weighted by atomic mass is 16.4. The summed E-state index contributed by atoms with van der Waals surface area (Å²) in [6.45, 7) is 7.31. The molecular weight excluding hydrogens is 178 g/mol. The summed E-state index contributed by atoms with van der Waals surface area (Å²) in [6.07, 6.45) is 3.69. The van der Waals surface area contributed by atoms with E-state index in [1.54, 1.807) is 0 Å². The Bertz CT molecular complexity index is 319. The fourth-order valence-electron chi connectivity index (χ4n) is 2.01. The van der Waals surface area contributed by atoms with Crippen LogP contribution in [0.5, 0.6) is 0 Å². The van der Waals surface area contributed by atoms with Crippen LogP contribution in [0.3, 0.4) is 0 Å². The number of aryl methyl sites for hydroxylation is 1. The summed E-state index contributed by atoms with van der Waals surface area (Å²) >= 11 is 0. The molecule has 14 heavy (non-hydrogen) atoms. The van der Waals surface area contributed by atoms with Gasteiger partial charge >= 0.3 is 6.01 Å². The summed E-state index contributed by atoms with van der Waals surface area (Å²) in [5.74, 6) is 0.640. The monoisotopic (exact) mass is 195 g/mol. The summed E-state index contributed by atoms with van der Waals surface area (Å²) in [6, 6.07) is 0.673. The lowest BCUT2D eigenvalue weighted by atomic mass is 9.91. The molecule has 0 radical (unpaired) electrons. The molecule has 0 N–H and O–H groups in total. The van der Waals surface area contributed by atoms with Crippen molar-refractivity contribution in [1.29, 1.82) is 0 Å². The number of anilines is 1. The van der Waals surface area contributed by atoms with Crippen LogP contribution in [0, 0.1) is 6.92 Å². The van der Waals surface area contributed by atoms with E-state index in [0.29, 0.717) is 11.9 Å². The molecule has 0 amide bonds. The molecule has 1 saturated heterocycles. The fourth-order valence-corrected chi connectivity index (χ4v) is 2.01. The quantitative estimate of drug-likeness (QED) is 0.688. The molecule has 2 heterocycles. The topological polar surface area (TPSA) is 42.2 Å². The first-order chi connectivity index (χ1) is 6.59. The van der Waals surface area contributed by atoms with Gasteiger partial charge in [0.2, 0.25) is 5.89 Å². The van der Waals surface area contributed by atoms with Crippen molar-refractivity contribution in [2.75, 3.05) is 11.4 Å². The molecule has 4 nitrogen and oxygen atoms in total. The number of hydrogen-bond donors (Lipinski definition) is 0. The molecule has 0 bridgehead atoms. The second-order valence-electron chi connectivity index (χ2n) is 4.52. The molecule has 1 aromatic rings. The highest BCUT2D eigenvalue weighted by molar-refractivity contribution is 5.30. The van der Waals surface area contributed by atoms with Gasteiger partial charge in [0.1, 0.15) is 0 Å². The summed E-state index contributed by atoms with van der Waals surface area (Å²) in [5, 5.41) is 7.94. The highest BCUT2D eigenvalue weighted by Gasteiger charge is 2.32. The van der Waals surface area contributed by atoms with Gasteiger partial charge in [0.25, 0.3) is 0 Å². The lowest BCUT2D eigenvalue weighted by Gasteiger charge is -2.41. The van der Waals surface area contributed by atoms with Crippen molar-refractivity contribution in [3.63, 3.8) is 0 Å². The van der Waals surface area contributed by atoms with Gasteiger partial charge in [-0.25, -0.2) is 0 Å². The van der Waals surface area contributed by atoms with Gasteiger partial charge in [0.05, 0.1) is 0 Å². The molecule has 2 rings (SSSR count). The first kappa shape index (κ1) is 9.49. The molecule has 1 aliphatic rings. The lowest BCUT2D eigenvalue weighted by Crippen LogP contribution is -2.47. The van der Waals surface area contributed by atoms with Crippen LogP contribution in [-0.4, -0.2) is 22.3 Å². The zero-order chi connectivity index (χ0) is 10.2. The second-order valence-corrected chi connectivity index (χ2v) is 4.52. The van der Waals surface area contributed by atoms with Gasteiger partial charge in [0.15, 0.2) is 0 Å². The molecule has 0 aliphatic carbocycles. The maximum Gasteiger partial charge on any atom is 0.318 e. The van der Waals surface area contributed by atoms with E-state index in [2.05, 4.69) is 28.9 Å². The number of nitrogens with zero attached hydrogens (tertiary/aromatic N) is 3. The predicted molar refractivity (Wildman–Crippen MR) is 54.3 cm³/mol. The summed E-state index contributed by atoms with van der Waals surface area (Å²) in [4.78, 5) is 2.22. The van der Waals surface area contributed by atoms with Crippen LogP contribution in [0.1, 0.15) is 39.0 Å². The Kier molecular flexibility index (Phi) is 2.21. The van der Waals surface area contributed by atoms with Crippen LogP contribution in [0.25, 0.3) is 0 Å². The van der Waals surface area contributed by atoms with Gasteiger partial charge in [-0.2, -0.15) is 0 Å². The average Bonchev–Trinajstić information content (AvgIpc) is 2.51. The Balaban J connectivity index is 2.23. The molecule has 0 saturated carbocycles. The third-order valence-corrected chi connectivity index (χ3v) is 2.90. The first-order valence-electron chi connectivity index (χ1n) is 5.17. The van der Waals surface area contributed by atoms with Gasteiger partial charge in [-0.15, -0.1) is 5.10 Å². The van der Waals surface area contributed by atoms with E-state index in [9.17, 15) is 0 Å². The van der Waals surface area contributed by atoms with E-state index in [1.165, 1.54) is 19.3 Å². The number of piperidine rings is 1. The number of rotatable bonds is 1. The number of aromatic nitrogens is 2. The minimum absolute atomic E-state index is 0.150. The molecule has 78 valence electrons. The molecule has 0 unspecified atom stereocenters. The van der Waals surface area contributed by atoms with Crippen LogP contribution < -0.4 is 4.90 Å². The number of hydrogen-bond acceptors (Lipinski definition) is 4. The van der Waals surface area contributed by atoms with E-state index in [1.807, 2.05) is 6.92 Å². The van der Waals surface area contributed by atoms with Crippen LogP contribution >= 0.6 is 0 Å². The molecule has 0 aromatic carbocycles. The summed E-state index contributed by atoms with van der Waals surface area (Å²) in [5.41, 5.74) is 0.150. The standard InChI is InChI=1S/C10H17N3O/c1-8-11-12-9(14-8)13-7-5-4-6-10(13,2)3/h4-7H2,1-3H3. The third kappa shape index (κ3) is 1.61. The Morgan fingerprint density at radius 2 is 2.07 bits per heavy atom. The SMILES string of the molecule is Cc1nnc(N2CCCCC2(C)C)o1. The molecule has 4 heteroatoms. The summed E-state index contributed by atoms with van der Waals surface area (Å²) < 4.78 is 5.46. The molecule has 1 fully saturated rings. The van der Waals surface area contributed by atoms with Gasteiger partial charge in [-0.05, 0) is 33.1 Å². The van der Waals surface area contributed by atoms with E-state index < -0.39 is 0 Å². The van der Waals surface area contributed by atoms with E-state index in [0.717, 1.165) is 6.54 Å². The molecule has 1 aromatic heterocycles. The molecule has 0 spiro atoms. The first-order valence-corrected chi connectivity index (χ1v) is 5.17. The molecular formula is C10H17N3O. The van der Waals surface area contributed by atoms with Crippen molar-refractivity contribution in [3.05, 3.63) is 5.89 Å². The van der Waals surface area contributed by atoms with Crippen molar-refractivity contribution in [2.24, 2.45) is 0 Å². The fraction of sp³-hybridized carbons (Fsp3) is 0.800. The van der Waals surface area contributed by atoms with Crippen molar-refractivity contribution in [3.8, 4) is 0 Å². The Morgan fingerprint density at radius 3 is 2.64 bits per heavy atom. The Labute approximate surface area is 84.3 Å². The molecule has 1 aliphatic heterocycles.